The summed E-state index contributed by atoms with van der Waals surface area (Å²) in [5.74, 6) is 0.507. The van der Waals surface area contributed by atoms with Crippen LogP contribution >= 0.6 is 0 Å². The van der Waals surface area contributed by atoms with Crippen molar-refractivity contribution >= 4 is 11.6 Å². The lowest BCUT2D eigenvalue weighted by atomic mass is 10.1. The number of rotatable bonds is 2. The third kappa shape index (κ3) is 2.28. The number of amides is 1. The van der Waals surface area contributed by atoms with Gasteiger partial charge in [-0.05, 0) is 24.3 Å². The largest absolute Gasteiger partial charge is 0.491 e. The van der Waals surface area contributed by atoms with Gasteiger partial charge < -0.3 is 15.8 Å². The van der Waals surface area contributed by atoms with Crippen molar-refractivity contribution in [2.45, 2.75) is 6.04 Å². The zero-order valence-corrected chi connectivity index (χ0v) is 10.2. The Morgan fingerprint density at radius 1 is 1.32 bits per heavy atom. The number of hydrogen-bond donors (Lipinski definition) is 2. The molecule has 5 nitrogen and oxygen atoms in total. The van der Waals surface area contributed by atoms with E-state index in [0.717, 1.165) is 5.56 Å². The molecule has 2 aromatic rings. The SMILES string of the molecule is N[C@@H]1COc2cc(C(=O)Nc3ccncc3)ccc21. The fourth-order valence-corrected chi connectivity index (χ4v) is 2.01. The summed E-state index contributed by atoms with van der Waals surface area (Å²) in [5, 5.41) is 2.79. The Kier molecular flexibility index (Phi) is 2.89. The van der Waals surface area contributed by atoms with E-state index in [-0.39, 0.29) is 11.9 Å². The number of carbonyl (C=O) groups excluding carboxylic acids is 1. The molecule has 0 spiro atoms. The van der Waals surface area contributed by atoms with Crippen molar-refractivity contribution < 1.29 is 9.53 Å². The highest BCUT2D eigenvalue weighted by molar-refractivity contribution is 6.04. The molecule has 0 fully saturated rings. The van der Waals surface area contributed by atoms with Gasteiger partial charge in [-0.25, -0.2) is 0 Å². The van der Waals surface area contributed by atoms with Crippen molar-refractivity contribution in [2.24, 2.45) is 5.73 Å². The van der Waals surface area contributed by atoms with E-state index in [4.69, 9.17) is 10.5 Å². The van der Waals surface area contributed by atoms with Crippen molar-refractivity contribution in [2.75, 3.05) is 11.9 Å². The molecule has 0 aliphatic carbocycles. The number of nitrogens with zero attached hydrogens (tertiary/aromatic N) is 1. The second-order valence-electron chi connectivity index (χ2n) is 4.36. The standard InChI is InChI=1S/C14H13N3O2/c15-12-8-19-13-7-9(1-2-11(12)13)14(18)17-10-3-5-16-6-4-10/h1-7,12H,8,15H2,(H,16,17,18)/t12-/m1/s1. The van der Waals surface area contributed by atoms with E-state index in [0.29, 0.717) is 23.6 Å². The van der Waals surface area contributed by atoms with E-state index in [1.165, 1.54) is 0 Å². The molecule has 3 rings (SSSR count). The van der Waals surface area contributed by atoms with Crippen LogP contribution in [0.3, 0.4) is 0 Å². The molecule has 0 bridgehead atoms. The van der Waals surface area contributed by atoms with Gasteiger partial charge in [-0.3, -0.25) is 9.78 Å². The quantitative estimate of drug-likeness (QED) is 0.856. The molecular formula is C14H13N3O2. The fraction of sp³-hybridized carbons (Fsp3) is 0.143. The zero-order chi connectivity index (χ0) is 13.2. The van der Waals surface area contributed by atoms with Crippen LogP contribution in [0.2, 0.25) is 0 Å². The van der Waals surface area contributed by atoms with Crippen molar-refractivity contribution in [3.05, 3.63) is 53.9 Å². The molecular weight excluding hydrogens is 242 g/mol. The Labute approximate surface area is 110 Å². The van der Waals surface area contributed by atoms with Gasteiger partial charge in [-0.15, -0.1) is 0 Å². The van der Waals surface area contributed by atoms with E-state index in [2.05, 4.69) is 10.3 Å². The van der Waals surface area contributed by atoms with Crippen LogP contribution in [0.4, 0.5) is 5.69 Å². The third-order valence-electron chi connectivity index (χ3n) is 3.03. The van der Waals surface area contributed by atoms with Crippen molar-refractivity contribution in [3.8, 4) is 5.75 Å². The Morgan fingerprint density at radius 3 is 2.89 bits per heavy atom. The van der Waals surface area contributed by atoms with Gasteiger partial charge in [0.05, 0.1) is 6.04 Å². The van der Waals surface area contributed by atoms with Gasteiger partial charge in [0, 0.05) is 29.2 Å². The smallest absolute Gasteiger partial charge is 0.255 e. The first kappa shape index (κ1) is 11.7. The number of pyridine rings is 1. The minimum Gasteiger partial charge on any atom is -0.491 e. The van der Waals surface area contributed by atoms with Crippen LogP contribution in [0, 0.1) is 0 Å². The van der Waals surface area contributed by atoms with E-state index in [1.807, 2.05) is 6.07 Å². The Morgan fingerprint density at radius 2 is 2.11 bits per heavy atom. The maximum absolute atomic E-state index is 12.1. The number of hydrogen-bond acceptors (Lipinski definition) is 4. The number of aromatic nitrogens is 1. The molecule has 0 saturated heterocycles. The normalized spacial score (nSPS) is 16.6. The fourth-order valence-electron chi connectivity index (χ4n) is 2.01. The van der Waals surface area contributed by atoms with E-state index < -0.39 is 0 Å². The van der Waals surface area contributed by atoms with Crippen LogP contribution in [0.1, 0.15) is 22.0 Å². The molecule has 5 heteroatoms. The Bertz CT molecular complexity index is 613. The van der Waals surface area contributed by atoms with Crippen LogP contribution < -0.4 is 15.8 Å². The number of benzene rings is 1. The number of carbonyl (C=O) groups is 1. The predicted octanol–water partition coefficient (Wildman–Crippen LogP) is 1.73. The van der Waals surface area contributed by atoms with E-state index in [1.54, 1.807) is 36.7 Å². The maximum atomic E-state index is 12.1. The number of nitrogens with two attached hydrogens (primary N) is 1. The highest BCUT2D eigenvalue weighted by Crippen LogP contribution is 2.31. The molecule has 1 aliphatic heterocycles. The third-order valence-corrected chi connectivity index (χ3v) is 3.03. The molecule has 3 N–H and O–H groups in total. The molecule has 1 aliphatic rings. The van der Waals surface area contributed by atoms with Crippen LogP contribution in [0.25, 0.3) is 0 Å². The summed E-state index contributed by atoms with van der Waals surface area (Å²) < 4.78 is 5.44. The zero-order valence-electron chi connectivity index (χ0n) is 10.2. The predicted molar refractivity (Wildman–Crippen MR) is 71.1 cm³/mol. The summed E-state index contributed by atoms with van der Waals surface area (Å²) in [5.41, 5.74) is 8.06. The minimum absolute atomic E-state index is 0.104. The average Bonchev–Trinajstić information content (AvgIpc) is 2.81. The second kappa shape index (κ2) is 4.70. The molecule has 1 atom stereocenters. The molecule has 1 amide bonds. The summed E-state index contributed by atoms with van der Waals surface area (Å²) in [6, 6.07) is 8.68. The summed E-state index contributed by atoms with van der Waals surface area (Å²) in [6.45, 7) is 0.463. The van der Waals surface area contributed by atoms with Gasteiger partial charge in [0.2, 0.25) is 0 Å². The van der Waals surface area contributed by atoms with Crippen molar-refractivity contribution in [1.82, 2.24) is 4.98 Å². The van der Waals surface area contributed by atoms with Gasteiger partial charge >= 0.3 is 0 Å². The number of anilines is 1. The van der Waals surface area contributed by atoms with Gasteiger partial charge in [0.15, 0.2) is 0 Å². The highest BCUT2D eigenvalue weighted by Gasteiger charge is 2.21. The van der Waals surface area contributed by atoms with E-state index in [9.17, 15) is 4.79 Å². The van der Waals surface area contributed by atoms with Crippen LogP contribution in [-0.4, -0.2) is 17.5 Å². The summed E-state index contributed by atoms with van der Waals surface area (Å²) in [6.07, 6.45) is 3.25. The molecule has 0 saturated carbocycles. The first-order valence-electron chi connectivity index (χ1n) is 5.98. The lowest BCUT2D eigenvalue weighted by molar-refractivity contribution is 0.102. The topological polar surface area (TPSA) is 77.2 Å². The van der Waals surface area contributed by atoms with Crippen LogP contribution in [0.5, 0.6) is 5.75 Å². The first-order valence-corrected chi connectivity index (χ1v) is 5.98. The van der Waals surface area contributed by atoms with Gasteiger partial charge in [-0.1, -0.05) is 6.07 Å². The Hall–Kier alpha value is -2.40. The molecule has 2 heterocycles. The van der Waals surface area contributed by atoms with Gasteiger partial charge in [-0.2, -0.15) is 0 Å². The molecule has 96 valence electrons. The second-order valence-corrected chi connectivity index (χ2v) is 4.36. The highest BCUT2D eigenvalue weighted by atomic mass is 16.5. The summed E-state index contributed by atoms with van der Waals surface area (Å²) in [4.78, 5) is 16.0. The van der Waals surface area contributed by atoms with Gasteiger partial charge in [0.1, 0.15) is 12.4 Å². The lowest BCUT2D eigenvalue weighted by Crippen LogP contribution is -2.12. The molecule has 1 aromatic heterocycles. The summed E-state index contributed by atoms with van der Waals surface area (Å²) >= 11 is 0. The Balaban J connectivity index is 1.81. The monoisotopic (exact) mass is 255 g/mol. The van der Waals surface area contributed by atoms with Crippen molar-refractivity contribution in [3.63, 3.8) is 0 Å². The first-order chi connectivity index (χ1) is 9.24. The number of fused-ring (bicyclic) bond motifs is 1. The average molecular weight is 255 g/mol. The number of nitrogens with one attached hydrogen (secondary N) is 1. The molecule has 1 aromatic carbocycles. The van der Waals surface area contributed by atoms with E-state index >= 15 is 0 Å². The molecule has 0 unspecified atom stereocenters. The number of ether oxygens (including phenoxy) is 1. The summed E-state index contributed by atoms with van der Waals surface area (Å²) in [7, 11) is 0. The molecule has 0 radical (unpaired) electrons. The van der Waals surface area contributed by atoms with Gasteiger partial charge in [0.25, 0.3) is 5.91 Å². The molecule has 19 heavy (non-hydrogen) atoms. The van der Waals surface area contributed by atoms with Crippen LogP contribution in [0.15, 0.2) is 42.7 Å². The van der Waals surface area contributed by atoms with Crippen molar-refractivity contribution in [1.29, 1.82) is 0 Å². The maximum Gasteiger partial charge on any atom is 0.255 e. The lowest BCUT2D eigenvalue weighted by Gasteiger charge is -2.06. The minimum atomic E-state index is -0.182. The van der Waals surface area contributed by atoms with Crippen LogP contribution in [-0.2, 0) is 0 Å².